The summed E-state index contributed by atoms with van der Waals surface area (Å²) in [7, 11) is 0. The van der Waals surface area contributed by atoms with Gasteiger partial charge in [0.1, 0.15) is 10.1 Å². The molecule has 1 aromatic heterocycles. The number of thiocarbonyl (C=S) groups is 1. The van der Waals surface area contributed by atoms with Crippen LogP contribution in [-0.2, 0) is 22.6 Å². The van der Waals surface area contributed by atoms with Crippen LogP contribution in [0.2, 0.25) is 0 Å². The Morgan fingerprint density at radius 3 is 2.61 bits per heavy atom. The number of ether oxygens (including phenoxy) is 1. The van der Waals surface area contributed by atoms with Crippen LogP contribution in [0.3, 0.4) is 0 Å². The molecule has 2 atom stereocenters. The zero-order chi connectivity index (χ0) is 27.8. The van der Waals surface area contributed by atoms with E-state index in [9.17, 15) is 10.1 Å². The van der Waals surface area contributed by atoms with Gasteiger partial charge < -0.3 is 4.74 Å². The van der Waals surface area contributed by atoms with Gasteiger partial charge in [-0.15, -0.1) is 23.1 Å². The van der Waals surface area contributed by atoms with Crippen LogP contribution in [0.1, 0.15) is 99.8 Å². The first kappa shape index (κ1) is 33.4. The van der Waals surface area contributed by atoms with E-state index < -0.39 is 5.41 Å². The Morgan fingerprint density at radius 2 is 1.92 bits per heavy atom. The zero-order valence-corrected chi connectivity index (χ0v) is 27.7. The van der Waals surface area contributed by atoms with Gasteiger partial charge in [-0.25, -0.2) is 0 Å². The summed E-state index contributed by atoms with van der Waals surface area (Å²) in [4.78, 5) is 13.8. The van der Waals surface area contributed by atoms with Crippen LogP contribution in [-0.4, -0.2) is 15.3 Å². The second-order valence-electron chi connectivity index (χ2n) is 9.82. The van der Waals surface area contributed by atoms with E-state index >= 15 is 0 Å². The van der Waals surface area contributed by atoms with E-state index in [1.807, 2.05) is 25.1 Å². The molecule has 3 nitrogen and oxygen atoms in total. The average molecular weight is 655 g/mol. The van der Waals surface area contributed by atoms with Gasteiger partial charge in [-0.1, -0.05) is 93.8 Å². The molecule has 1 aromatic carbocycles. The minimum Gasteiger partial charge on any atom is -0.460 e. The molecule has 0 saturated heterocycles. The number of rotatable bonds is 17. The second kappa shape index (κ2) is 18.5. The van der Waals surface area contributed by atoms with E-state index in [2.05, 4.69) is 54.0 Å². The van der Waals surface area contributed by atoms with Gasteiger partial charge in [0.2, 0.25) is 0 Å². The van der Waals surface area contributed by atoms with E-state index in [4.69, 9.17) is 17.0 Å². The van der Waals surface area contributed by atoms with Gasteiger partial charge in [-0.2, -0.15) is 5.26 Å². The molecule has 2 aromatic rings. The Bertz CT molecular complexity index is 1040. The molecule has 0 aliphatic carbocycles. The van der Waals surface area contributed by atoms with Crippen molar-refractivity contribution >= 4 is 72.5 Å². The number of unbranched alkanes of at least 4 members (excludes halogenated alkanes) is 4. The number of esters is 1. The van der Waals surface area contributed by atoms with E-state index in [1.54, 1.807) is 34.9 Å². The first-order valence-corrected chi connectivity index (χ1v) is 17.4. The number of halogens is 1. The van der Waals surface area contributed by atoms with E-state index in [0.29, 0.717) is 19.4 Å². The highest BCUT2D eigenvalue weighted by molar-refractivity contribution is 9.11. The van der Waals surface area contributed by atoms with Gasteiger partial charge in [-0.05, 0) is 77.9 Å². The maximum absolute atomic E-state index is 12.7. The highest BCUT2D eigenvalue weighted by Gasteiger charge is 2.31. The number of benzene rings is 1. The number of hydrogen-bond donors (Lipinski definition) is 0. The van der Waals surface area contributed by atoms with Crippen LogP contribution < -0.4 is 0 Å². The predicted octanol–water partition coefficient (Wildman–Crippen LogP) is 10.7. The van der Waals surface area contributed by atoms with E-state index in [1.165, 1.54) is 24.8 Å². The molecule has 2 rings (SSSR count). The lowest BCUT2D eigenvalue weighted by Crippen LogP contribution is -2.20. The monoisotopic (exact) mass is 653 g/mol. The van der Waals surface area contributed by atoms with Crippen molar-refractivity contribution in [3.8, 4) is 6.07 Å². The summed E-state index contributed by atoms with van der Waals surface area (Å²) >= 11 is 14.3. The normalized spacial score (nSPS) is 13.4. The molecule has 0 bridgehead atoms. The number of carbonyl (C=O) groups excluding carboxylic acids is 1. The van der Waals surface area contributed by atoms with E-state index in [-0.39, 0.29) is 17.6 Å². The van der Waals surface area contributed by atoms with Crippen molar-refractivity contribution in [3.05, 3.63) is 56.2 Å². The smallest absolute Gasteiger partial charge is 0.306 e. The Balaban J connectivity index is 1.95. The molecular weight excluding hydrogens is 615 g/mol. The Kier molecular flexibility index (Phi) is 16.2. The van der Waals surface area contributed by atoms with Crippen LogP contribution in [0, 0.1) is 16.7 Å². The number of nitriles is 1. The number of thioether (sulfide) groups is 2. The summed E-state index contributed by atoms with van der Waals surface area (Å²) < 4.78 is 7.66. The number of carbonyl (C=O) groups is 1. The molecule has 0 amide bonds. The molecule has 0 spiro atoms. The van der Waals surface area contributed by atoms with Crippen LogP contribution in [0.5, 0.6) is 0 Å². The fraction of sp³-hybridized carbons (Fsp3) is 0.567. The minimum absolute atomic E-state index is 0.0669. The lowest BCUT2D eigenvalue weighted by atomic mass is 9.81. The Labute approximate surface area is 256 Å². The standard InChI is InChI=1S/C30H40BrNO2S4/c1-4-6-8-10-15-24-19-27(31)37-26(24)21-34-28(33)16-17-30(3,22-32)20-25(23-13-11-9-12-14-23)38-29(35)36-18-7-5-2/h9,11-14,19,25H,4-8,10,15-18,20-21H2,1-3H3. The van der Waals surface area contributed by atoms with Crippen molar-refractivity contribution in [2.24, 2.45) is 5.41 Å². The van der Waals surface area contributed by atoms with Gasteiger partial charge in [0.15, 0.2) is 0 Å². The highest BCUT2D eigenvalue weighted by atomic mass is 79.9. The summed E-state index contributed by atoms with van der Waals surface area (Å²) in [5.74, 6) is 0.773. The average Bonchev–Trinajstić information content (AvgIpc) is 3.28. The van der Waals surface area contributed by atoms with Gasteiger partial charge in [0.05, 0.1) is 15.3 Å². The van der Waals surface area contributed by atoms with Crippen molar-refractivity contribution < 1.29 is 9.53 Å². The van der Waals surface area contributed by atoms with Crippen LogP contribution in [0.4, 0.5) is 0 Å². The maximum atomic E-state index is 12.7. The Morgan fingerprint density at radius 1 is 1.18 bits per heavy atom. The quantitative estimate of drug-likeness (QED) is 0.0961. The third-order valence-corrected chi connectivity index (χ3v) is 11.0. The lowest BCUT2D eigenvalue weighted by Gasteiger charge is -2.27. The molecule has 2 unspecified atom stereocenters. The topological polar surface area (TPSA) is 50.1 Å². The SMILES string of the molecule is CCCCCCc1cc(Br)sc1COC(=O)CCC(C)(C#N)CC(SC(=S)SCCCC)c1ccccc1. The fourth-order valence-corrected chi connectivity index (χ4v) is 8.81. The van der Waals surface area contributed by atoms with Crippen molar-refractivity contribution in [1.29, 1.82) is 5.26 Å². The number of nitrogens with zero attached hydrogens (tertiary/aromatic N) is 1. The molecule has 0 aliphatic rings. The Hall–Kier alpha value is -0.850. The molecule has 208 valence electrons. The summed E-state index contributed by atoms with van der Waals surface area (Å²) in [6.07, 6.45) is 9.45. The van der Waals surface area contributed by atoms with Gasteiger partial charge in [0, 0.05) is 16.5 Å². The number of thiophene rings is 1. The summed E-state index contributed by atoms with van der Waals surface area (Å²) in [5.41, 5.74) is 1.77. The third kappa shape index (κ3) is 12.6. The third-order valence-electron chi connectivity index (χ3n) is 6.44. The number of aryl methyl sites for hydroxylation is 1. The lowest BCUT2D eigenvalue weighted by molar-refractivity contribution is -0.145. The molecule has 0 fully saturated rings. The predicted molar refractivity (Wildman–Crippen MR) is 174 cm³/mol. The number of hydrogen-bond acceptors (Lipinski definition) is 7. The van der Waals surface area contributed by atoms with Crippen LogP contribution in [0.15, 0.2) is 40.2 Å². The summed E-state index contributed by atoms with van der Waals surface area (Å²) in [5, 5.41) is 10.2. The largest absolute Gasteiger partial charge is 0.460 e. The second-order valence-corrected chi connectivity index (χ2v) is 15.8. The van der Waals surface area contributed by atoms with Gasteiger partial charge in [-0.3, -0.25) is 4.79 Å². The first-order valence-electron chi connectivity index (χ1n) is 13.5. The van der Waals surface area contributed by atoms with Crippen molar-refractivity contribution in [2.45, 2.75) is 96.8 Å². The highest BCUT2D eigenvalue weighted by Crippen LogP contribution is 2.44. The van der Waals surface area contributed by atoms with Crippen LogP contribution >= 0.6 is 63.0 Å². The molecule has 8 heteroatoms. The fourth-order valence-electron chi connectivity index (χ4n) is 4.06. The molecule has 0 N–H and O–H groups in total. The van der Waals surface area contributed by atoms with E-state index in [0.717, 1.165) is 49.2 Å². The van der Waals surface area contributed by atoms with Crippen molar-refractivity contribution in [1.82, 2.24) is 0 Å². The molecule has 0 radical (unpaired) electrons. The molecular formula is C30H40BrNO2S4. The van der Waals surface area contributed by atoms with Gasteiger partial charge in [0.25, 0.3) is 0 Å². The van der Waals surface area contributed by atoms with Crippen LogP contribution in [0.25, 0.3) is 0 Å². The minimum atomic E-state index is -0.660. The maximum Gasteiger partial charge on any atom is 0.306 e. The molecule has 38 heavy (non-hydrogen) atoms. The van der Waals surface area contributed by atoms with Crippen molar-refractivity contribution in [2.75, 3.05) is 5.75 Å². The summed E-state index contributed by atoms with van der Waals surface area (Å²) in [6, 6.07) is 14.9. The molecule has 1 heterocycles. The van der Waals surface area contributed by atoms with Crippen molar-refractivity contribution in [3.63, 3.8) is 0 Å². The molecule has 0 aliphatic heterocycles. The summed E-state index contributed by atoms with van der Waals surface area (Å²) in [6.45, 7) is 6.65. The molecule has 0 saturated carbocycles. The van der Waals surface area contributed by atoms with Gasteiger partial charge >= 0.3 is 5.97 Å². The zero-order valence-electron chi connectivity index (χ0n) is 22.8. The first-order chi connectivity index (χ1) is 18.3.